The van der Waals surface area contributed by atoms with Crippen molar-refractivity contribution in [1.29, 1.82) is 0 Å². The molecule has 0 aliphatic carbocycles. The van der Waals surface area contributed by atoms with Crippen molar-refractivity contribution in [2.45, 2.75) is 6.04 Å². The fraction of sp³-hybridized carbons (Fsp3) is 0.176. The third-order valence-electron chi connectivity index (χ3n) is 3.24. The second-order valence-corrected chi connectivity index (χ2v) is 5.76. The van der Waals surface area contributed by atoms with Gasteiger partial charge in [0.2, 0.25) is 5.91 Å². The first-order valence-electron chi connectivity index (χ1n) is 7.12. The van der Waals surface area contributed by atoms with Crippen molar-refractivity contribution in [2.75, 3.05) is 19.0 Å². The van der Waals surface area contributed by atoms with Gasteiger partial charge < -0.3 is 10.1 Å². The van der Waals surface area contributed by atoms with Gasteiger partial charge in [-0.3, -0.25) is 10.1 Å². The fourth-order valence-electron chi connectivity index (χ4n) is 2.08. The van der Waals surface area contributed by atoms with E-state index in [1.165, 1.54) is 7.11 Å². The van der Waals surface area contributed by atoms with Crippen LogP contribution < -0.4 is 10.6 Å². The van der Waals surface area contributed by atoms with E-state index in [-0.39, 0.29) is 12.5 Å². The van der Waals surface area contributed by atoms with Gasteiger partial charge in [0.15, 0.2) is 0 Å². The van der Waals surface area contributed by atoms with Crippen molar-refractivity contribution in [1.82, 2.24) is 5.32 Å². The average Bonchev–Trinajstić information content (AvgIpc) is 2.59. The molecule has 0 bridgehead atoms. The Labute approximate surface area is 149 Å². The molecular weight excluding hydrogens is 351 g/mol. The van der Waals surface area contributed by atoms with Crippen LogP contribution in [0.4, 0.5) is 5.69 Å². The lowest BCUT2D eigenvalue weighted by molar-refractivity contribution is -0.143. The Morgan fingerprint density at radius 2 is 1.83 bits per heavy atom. The minimum atomic E-state index is -0.739. The summed E-state index contributed by atoms with van der Waals surface area (Å²) in [6.45, 7) is -0.0997. The molecule has 5 nitrogen and oxygen atoms in total. The number of esters is 1. The molecule has 0 saturated carbocycles. The SMILES string of the molecule is COC(=O)[C@H](NCC(=O)Nc1cc(Cl)ccc1Cl)c1ccccc1. The van der Waals surface area contributed by atoms with E-state index in [1.54, 1.807) is 42.5 Å². The zero-order valence-corrected chi connectivity index (χ0v) is 14.4. The number of halogens is 2. The van der Waals surface area contributed by atoms with E-state index in [0.29, 0.717) is 21.3 Å². The van der Waals surface area contributed by atoms with E-state index < -0.39 is 12.0 Å². The molecule has 0 saturated heterocycles. The summed E-state index contributed by atoms with van der Waals surface area (Å²) in [6, 6.07) is 13.0. The average molecular weight is 367 g/mol. The number of hydrogen-bond acceptors (Lipinski definition) is 4. The van der Waals surface area contributed by atoms with Crippen LogP contribution in [0.1, 0.15) is 11.6 Å². The van der Waals surface area contributed by atoms with E-state index in [0.717, 1.165) is 0 Å². The minimum Gasteiger partial charge on any atom is -0.468 e. The lowest BCUT2D eigenvalue weighted by Gasteiger charge is -2.17. The highest BCUT2D eigenvalue weighted by atomic mass is 35.5. The molecule has 1 atom stereocenters. The van der Waals surface area contributed by atoms with Crippen LogP contribution in [0.3, 0.4) is 0 Å². The summed E-state index contributed by atoms with van der Waals surface area (Å²) in [4.78, 5) is 24.0. The Hall–Kier alpha value is -2.08. The van der Waals surface area contributed by atoms with Gasteiger partial charge in [-0.1, -0.05) is 53.5 Å². The summed E-state index contributed by atoms with van der Waals surface area (Å²) in [5.41, 5.74) is 1.11. The smallest absolute Gasteiger partial charge is 0.327 e. The molecule has 0 unspecified atom stereocenters. The maximum atomic E-state index is 12.1. The molecule has 2 N–H and O–H groups in total. The van der Waals surface area contributed by atoms with Crippen LogP contribution in [0.2, 0.25) is 10.0 Å². The van der Waals surface area contributed by atoms with E-state index in [1.807, 2.05) is 6.07 Å². The molecule has 24 heavy (non-hydrogen) atoms. The second kappa shape index (κ2) is 8.68. The predicted octanol–water partition coefficient (Wildman–Crippen LogP) is 3.44. The van der Waals surface area contributed by atoms with Gasteiger partial charge in [-0.2, -0.15) is 0 Å². The van der Waals surface area contributed by atoms with Crippen LogP contribution in [0.25, 0.3) is 0 Å². The summed E-state index contributed by atoms with van der Waals surface area (Å²) in [5, 5.41) is 6.36. The number of nitrogens with one attached hydrogen (secondary N) is 2. The van der Waals surface area contributed by atoms with Crippen LogP contribution in [-0.2, 0) is 14.3 Å². The Bertz CT molecular complexity index is 723. The van der Waals surface area contributed by atoms with Crippen LogP contribution in [0, 0.1) is 0 Å². The number of amides is 1. The van der Waals surface area contributed by atoms with Gasteiger partial charge in [0.05, 0.1) is 24.4 Å². The fourth-order valence-corrected chi connectivity index (χ4v) is 2.42. The van der Waals surface area contributed by atoms with Gasteiger partial charge in [0, 0.05) is 5.02 Å². The van der Waals surface area contributed by atoms with E-state index in [9.17, 15) is 9.59 Å². The number of carbonyl (C=O) groups excluding carboxylic acids is 2. The lowest BCUT2D eigenvalue weighted by Crippen LogP contribution is -2.35. The maximum Gasteiger partial charge on any atom is 0.327 e. The van der Waals surface area contributed by atoms with Crippen LogP contribution in [-0.4, -0.2) is 25.5 Å². The molecule has 2 aromatic carbocycles. The quantitative estimate of drug-likeness (QED) is 0.768. The summed E-state index contributed by atoms with van der Waals surface area (Å²) < 4.78 is 4.78. The third-order valence-corrected chi connectivity index (χ3v) is 3.80. The van der Waals surface area contributed by atoms with Crippen molar-refractivity contribution in [2.24, 2.45) is 0 Å². The molecule has 0 spiro atoms. The van der Waals surface area contributed by atoms with Crippen LogP contribution in [0.5, 0.6) is 0 Å². The highest BCUT2D eigenvalue weighted by Gasteiger charge is 2.21. The predicted molar refractivity (Wildman–Crippen MR) is 94.3 cm³/mol. The van der Waals surface area contributed by atoms with Crippen molar-refractivity contribution in [3.63, 3.8) is 0 Å². The van der Waals surface area contributed by atoms with Crippen molar-refractivity contribution in [3.8, 4) is 0 Å². The number of carbonyl (C=O) groups is 2. The van der Waals surface area contributed by atoms with Gasteiger partial charge in [0.1, 0.15) is 6.04 Å². The van der Waals surface area contributed by atoms with E-state index >= 15 is 0 Å². The van der Waals surface area contributed by atoms with Crippen molar-refractivity contribution >= 4 is 40.8 Å². The molecule has 0 heterocycles. The summed E-state index contributed by atoms with van der Waals surface area (Å²) in [5.74, 6) is -0.834. The van der Waals surface area contributed by atoms with Crippen molar-refractivity contribution < 1.29 is 14.3 Å². The van der Waals surface area contributed by atoms with Crippen LogP contribution >= 0.6 is 23.2 Å². The number of hydrogen-bond donors (Lipinski definition) is 2. The zero-order valence-electron chi connectivity index (χ0n) is 12.9. The highest BCUT2D eigenvalue weighted by Crippen LogP contribution is 2.25. The first-order chi connectivity index (χ1) is 11.5. The minimum absolute atomic E-state index is 0.0997. The standard InChI is InChI=1S/C17H16Cl2N2O3/c1-24-17(23)16(11-5-3-2-4-6-11)20-10-15(22)21-14-9-12(18)7-8-13(14)19/h2-9,16,20H,10H2,1H3,(H,21,22)/t16-/m1/s1. The molecule has 0 aliphatic rings. The Balaban J connectivity index is 2.02. The molecule has 0 fully saturated rings. The number of benzene rings is 2. The maximum absolute atomic E-state index is 12.1. The molecule has 2 rings (SSSR count). The third kappa shape index (κ3) is 4.96. The zero-order chi connectivity index (χ0) is 17.5. The first-order valence-corrected chi connectivity index (χ1v) is 7.88. The largest absolute Gasteiger partial charge is 0.468 e. The first kappa shape index (κ1) is 18.3. The molecular formula is C17H16Cl2N2O3. The molecule has 2 aromatic rings. The molecule has 0 aliphatic heterocycles. The summed E-state index contributed by atoms with van der Waals surface area (Å²) >= 11 is 11.9. The topological polar surface area (TPSA) is 67.4 Å². The number of ether oxygens (including phenoxy) is 1. The Morgan fingerprint density at radius 1 is 1.12 bits per heavy atom. The van der Waals surface area contributed by atoms with Crippen molar-refractivity contribution in [3.05, 3.63) is 64.1 Å². The normalized spacial score (nSPS) is 11.6. The summed E-state index contributed by atoms with van der Waals surface area (Å²) in [7, 11) is 1.30. The second-order valence-electron chi connectivity index (χ2n) is 4.92. The molecule has 1 amide bonds. The molecule has 7 heteroatoms. The van der Waals surface area contributed by atoms with E-state index in [4.69, 9.17) is 27.9 Å². The Morgan fingerprint density at radius 3 is 2.50 bits per heavy atom. The van der Waals surface area contributed by atoms with Gasteiger partial charge in [-0.15, -0.1) is 0 Å². The van der Waals surface area contributed by atoms with E-state index in [2.05, 4.69) is 10.6 Å². The molecule has 126 valence electrons. The number of methoxy groups -OCH3 is 1. The molecule has 0 aromatic heterocycles. The lowest BCUT2D eigenvalue weighted by atomic mass is 10.1. The monoisotopic (exact) mass is 366 g/mol. The number of rotatable bonds is 6. The molecule has 0 radical (unpaired) electrons. The highest BCUT2D eigenvalue weighted by molar-refractivity contribution is 6.35. The van der Waals surface area contributed by atoms with Gasteiger partial charge in [0.25, 0.3) is 0 Å². The Kier molecular flexibility index (Phi) is 6.61. The summed E-state index contributed by atoms with van der Waals surface area (Å²) in [6.07, 6.45) is 0. The van der Waals surface area contributed by atoms with Gasteiger partial charge >= 0.3 is 5.97 Å². The van der Waals surface area contributed by atoms with Gasteiger partial charge in [-0.05, 0) is 23.8 Å². The van der Waals surface area contributed by atoms with Crippen LogP contribution in [0.15, 0.2) is 48.5 Å². The van der Waals surface area contributed by atoms with Gasteiger partial charge in [-0.25, -0.2) is 4.79 Å². The number of anilines is 1.